The molecule has 2 saturated heterocycles. The number of halogens is 6. The summed E-state index contributed by atoms with van der Waals surface area (Å²) >= 11 is 0. The standard InChI is InChI=1S/C31H34F3N3O4.C21H19F3N2O3.C10H17NO2/c1-2-40-29(39)21-15-30(16-21)17-23(18-30)35-28(38)27-26-20(14-19-9-11-22(12-10-19)31(32,33)34)6-5-7-24(26)37(36-27)25-8-3-4-13-41-25;22-21(23,24)15-9-7-13(8-10-15)12-14-4-3-5-16-18(14)19(20(27)28)25-26(16)17-6-1-2-11-29-17;1-2-13-9(12)7-3-10(4-7)5-8(11)6-10/h5-7,9-12,21,23,25H,2-4,8,13-18H2,1H3,(H,35,38);3-5,7-10,17H,1-2,6,11-12H2,(H,27,28);7-8H,2-6,11H2,1H3. The van der Waals surface area contributed by atoms with E-state index in [4.69, 9.17) is 29.8 Å². The number of amides is 1. The highest BCUT2D eigenvalue weighted by Crippen LogP contribution is 2.60. The predicted octanol–water partition coefficient (Wildman–Crippen LogP) is 12.3. The average molecular weight is 1160 g/mol. The van der Waals surface area contributed by atoms with Crippen molar-refractivity contribution in [3.05, 3.63) is 130 Å². The molecule has 444 valence electrons. The number of benzene rings is 4. The Morgan fingerprint density at radius 3 is 1.42 bits per heavy atom. The molecule has 2 spiro atoms. The van der Waals surface area contributed by atoms with Gasteiger partial charge in [-0.3, -0.25) is 14.4 Å². The third-order valence-corrected chi connectivity index (χ3v) is 17.3. The summed E-state index contributed by atoms with van der Waals surface area (Å²) in [6.07, 6.45) is 4.18. The Bertz CT molecular complexity index is 3280. The molecule has 2 atom stereocenters. The van der Waals surface area contributed by atoms with Gasteiger partial charge in [0.05, 0.1) is 47.2 Å². The van der Waals surface area contributed by atoms with Gasteiger partial charge in [-0.05, 0) is 186 Å². The monoisotopic (exact) mass is 1160 g/mol. The summed E-state index contributed by atoms with van der Waals surface area (Å²) < 4.78 is 103. The summed E-state index contributed by atoms with van der Waals surface area (Å²) in [4.78, 5) is 48.8. The van der Waals surface area contributed by atoms with Crippen LogP contribution in [0.2, 0.25) is 0 Å². The van der Waals surface area contributed by atoms with E-state index in [1.807, 2.05) is 32.0 Å². The summed E-state index contributed by atoms with van der Waals surface area (Å²) in [7, 11) is 0. The fourth-order valence-corrected chi connectivity index (χ4v) is 13.3. The number of ether oxygens (including phenoxy) is 4. The van der Waals surface area contributed by atoms with Crippen molar-refractivity contribution in [1.29, 1.82) is 0 Å². The molecule has 2 unspecified atom stereocenters. The Kier molecular flexibility index (Phi) is 17.4. The van der Waals surface area contributed by atoms with Gasteiger partial charge in [0, 0.05) is 36.1 Å². The predicted molar refractivity (Wildman–Crippen MR) is 294 cm³/mol. The van der Waals surface area contributed by atoms with Crippen LogP contribution in [0.3, 0.4) is 0 Å². The lowest BCUT2D eigenvalue weighted by molar-refractivity contribution is -0.162. The van der Waals surface area contributed by atoms with Crippen molar-refractivity contribution in [2.45, 2.75) is 153 Å². The molecule has 15 nitrogen and oxygen atoms in total. The molecule has 0 radical (unpaired) electrons. The van der Waals surface area contributed by atoms with Crippen LogP contribution < -0.4 is 11.1 Å². The maximum atomic E-state index is 13.7. The number of hydrogen-bond acceptors (Lipinski definition) is 11. The summed E-state index contributed by atoms with van der Waals surface area (Å²) in [5, 5.41) is 23.1. The van der Waals surface area contributed by atoms with E-state index in [0.717, 1.165) is 125 Å². The van der Waals surface area contributed by atoms with Crippen LogP contribution in [0.4, 0.5) is 26.3 Å². The number of carbonyl (C=O) groups excluding carboxylic acids is 3. The topological polar surface area (TPSA) is 199 Å². The number of hydrogen-bond donors (Lipinski definition) is 3. The number of carbonyl (C=O) groups is 4. The highest BCUT2D eigenvalue weighted by Gasteiger charge is 2.56. The van der Waals surface area contributed by atoms with Gasteiger partial charge < -0.3 is 35.1 Å². The smallest absolute Gasteiger partial charge is 0.416 e. The number of rotatable bonds is 13. The van der Waals surface area contributed by atoms with Gasteiger partial charge in [0.2, 0.25) is 0 Å². The Balaban J connectivity index is 0.000000158. The molecule has 83 heavy (non-hydrogen) atoms. The largest absolute Gasteiger partial charge is 0.476 e. The van der Waals surface area contributed by atoms with E-state index in [-0.39, 0.29) is 59.3 Å². The van der Waals surface area contributed by atoms with E-state index in [2.05, 4.69) is 10.4 Å². The van der Waals surface area contributed by atoms with Gasteiger partial charge in [-0.1, -0.05) is 48.5 Å². The molecule has 2 aliphatic heterocycles. The Morgan fingerprint density at radius 1 is 0.614 bits per heavy atom. The molecule has 4 heterocycles. The van der Waals surface area contributed by atoms with Gasteiger partial charge in [-0.2, -0.15) is 36.5 Å². The van der Waals surface area contributed by atoms with Crippen molar-refractivity contribution >= 4 is 45.6 Å². The molecule has 4 aromatic carbocycles. The molecule has 12 rings (SSSR count). The third kappa shape index (κ3) is 13.1. The van der Waals surface area contributed by atoms with Gasteiger partial charge in [0.1, 0.15) is 0 Å². The quantitative estimate of drug-likeness (QED) is 0.0731. The first-order chi connectivity index (χ1) is 39.6. The molecule has 21 heteroatoms. The van der Waals surface area contributed by atoms with Crippen molar-refractivity contribution in [2.24, 2.45) is 28.4 Å². The molecule has 4 N–H and O–H groups in total. The average Bonchev–Trinajstić information content (AvgIpc) is 2.27. The van der Waals surface area contributed by atoms with E-state index in [1.54, 1.807) is 27.6 Å². The summed E-state index contributed by atoms with van der Waals surface area (Å²) in [6.45, 7) is 5.76. The lowest BCUT2D eigenvalue weighted by Gasteiger charge is -2.56. The van der Waals surface area contributed by atoms with E-state index >= 15 is 0 Å². The van der Waals surface area contributed by atoms with Crippen molar-refractivity contribution < 1.29 is 69.6 Å². The molecule has 2 aromatic heterocycles. The van der Waals surface area contributed by atoms with E-state index in [9.17, 15) is 50.6 Å². The second-order valence-electron chi connectivity index (χ2n) is 23.4. The molecule has 6 aromatic rings. The molecule has 6 fully saturated rings. The summed E-state index contributed by atoms with van der Waals surface area (Å²) in [5.41, 5.74) is 9.39. The molecule has 0 bridgehead atoms. The molecule has 6 aliphatic rings. The van der Waals surface area contributed by atoms with Crippen LogP contribution in [-0.4, -0.2) is 87.0 Å². The lowest BCUT2D eigenvalue weighted by Crippen LogP contribution is -2.57. The number of nitrogens with one attached hydrogen (secondary N) is 1. The second-order valence-corrected chi connectivity index (χ2v) is 23.4. The van der Waals surface area contributed by atoms with Gasteiger partial charge in [-0.15, -0.1) is 0 Å². The van der Waals surface area contributed by atoms with Crippen molar-refractivity contribution in [2.75, 3.05) is 26.4 Å². The third-order valence-electron chi connectivity index (χ3n) is 17.3. The van der Waals surface area contributed by atoms with Crippen LogP contribution in [0.25, 0.3) is 21.8 Å². The minimum Gasteiger partial charge on any atom is -0.476 e. The number of nitrogens with two attached hydrogens (primary N) is 1. The van der Waals surface area contributed by atoms with Crippen molar-refractivity contribution in [1.82, 2.24) is 24.9 Å². The van der Waals surface area contributed by atoms with Gasteiger partial charge in [0.25, 0.3) is 5.91 Å². The van der Waals surface area contributed by atoms with Gasteiger partial charge in [0.15, 0.2) is 23.8 Å². The van der Waals surface area contributed by atoms with E-state index in [0.29, 0.717) is 89.4 Å². The highest BCUT2D eigenvalue weighted by atomic mass is 19.4. The van der Waals surface area contributed by atoms with Crippen LogP contribution in [0, 0.1) is 22.7 Å². The zero-order chi connectivity index (χ0) is 58.8. The zero-order valence-corrected chi connectivity index (χ0v) is 46.5. The fourth-order valence-electron chi connectivity index (χ4n) is 13.3. The molecular weight excluding hydrogens is 1090 g/mol. The number of aromatic carboxylic acids is 1. The Hall–Kier alpha value is -6.84. The highest BCUT2D eigenvalue weighted by molar-refractivity contribution is 6.06. The van der Waals surface area contributed by atoms with Crippen LogP contribution in [0.15, 0.2) is 84.9 Å². The first-order valence-electron chi connectivity index (χ1n) is 28.8. The first kappa shape index (κ1) is 59.3. The van der Waals surface area contributed by atoms with Crippen LogP contribution in [0.1, 0.15) is 171 Å². The molecule has 4 aliphatic carbocycles. The molecule has 1 amide bonds. The zero-order valence-electron chi connectivity index (χ0n) is 46.5. The maximum absolute atomic E-state index is 13.7. The van der Waals surface area contributed by atoms with Crippen LogP contribution in [0.5, 0.6) is 0 Å². The maximum Gasteiger partial charge on any atom is 0.416 e. The van der Waals surface area contributed by atoms with Gasteiger partial charge in [-0.25, -0.2) is 14.2 Å². The minimum atomic E-state index is -4.40. The SMILES string of the molecule is CCOC(=O)C1CC2(CC(N)C2)C1.CCOC(=O)C1CC2(CC(NC(=O)c3nn(C4CCCCO4)c4cccc(Cc5ccc(C(F)(F)F)cc5)c34)C2)C1.O=C(O)c1nn(C2CCCCO2)c2cccc(Cc3ccc(C(F)(F)F)cc3)c12. The van der Waals surface area contributed by atoms with Crippen LogP contribution in [-0.2, 0) is 53.7 Å². The number of aromatic nitrogens is 4. The van der Waals surface area contributed by atoms with Gasteiger partial charge >= 0.3 is 30.3 Å². The number of fused-ring (bicyclic) bond motifs is 2. The van der Waals surface area contributed by atoms with E-state index in [1.165, 1.54) is 24.3 Å². The summed E-state index contributed by atoms with van der Waals surface area (Å²) in [5.74, 6) is -1.43. The molecule has 4 saturated carbocycles. The Morgan fingerprint density at radius 2 is 1.04 bits per heavy atom. The van der Waals surface area contributed by atoms with Crippen molar-refractivity contribution in [3.63, 3.8) is 0 Å². The first-order valence-corrected chi connectivity index (χ1v) is 28.8. The number of nitrogens with zero attached hydrogens (tertiary/aromatic N) is 4. The molecular formula is C62H70F6N6O9. The number of carboxylic acids is 1. The minimum absolute atomic E-state index is 0.00106. The fraction of sp³-hybridized carbons (Fsp3) is 0.516. The number of carboxylic acid groups (broad SMARTS) is 1. The normalized spacial score (nSPS) is 25.6. The number of esters is 2. The van der Waals surface area contributed by atoms with E-state index < -0.39 is 29.4 Å². The van der Waals surface area contributed by atoms with Crippen LogP contribution >= 0.6 is 0 Å². The van der Waals surface area contributed by atoms with Crippen molar-refractivity contribution in [3.8, 4) is 0 Å². The lowest BCUT2D eigenvalue weighted by atomic mass is 9.50. The number of alkyl halides is 6. The Labute approximate surface area is 476 Å². The second kappa shape index (κ2) is 24.4. The summed E-state index contributed by atoms with van der Waals surface area (Å²) in [6, 6.07) is 21.5.